The van der Waals surface area contributed by atoms with Gasteiger partial charge in [0.1, 0.15) is 5.82 Å². The van der Waals surface area contributed by atoms with Crippen molar-refractivity contribution in [2.45, 2.75) is 0 Å². The van der Waals surface area contributed by atoms with Gasteiger partial charge in [0.15, 0.2) is 5.65 Å². The molecule has 1 N–H and O–H groups in total. The van der Waals surface area contributed by atoms with E-state index >= 15 is 0 Å². The fourth-order valence-corrected chi connectivity index (χ4v) is 1.84. The Morgan fingerprint density at radius 3 is 2.82 bits per heavy atom. The summed E-state index contributed by atoms with van der Waals surface area (Å²) in [6.07, 6.45) is 1.55. The molecule has 17 heavy (non-hydrogen) atoms. The summed E-state index contributed by atoms with van der Waals surface area (Å²) in [6.45, 7) is 0. The summed E-state index contributed by atoms with van der Waals surface area (Å²) in [5.74, 6) is -0.357. The molecule has 0 fully saturated rings. The van der Waals surface area contributed by atoms with E-state index in [0.29, 0.717) is 22.3 Å². The van der Waals surface area contributed by atoms with Crippen molar-refractivity contribution in [1.29, 1.82) is 0 Å². The van der Waals surface area contributed by atoms with Crippen molar-refractivity contribution in [3.8, 4) is 11.3 Å². The van der Waals surface area contributed by atoms with E-state index in [4.69, 9.17) is 11.6 Å². The van der Waals surface area contributed by atoms with Crippen LogP contribution < -0.4 is 0 Å². The lowest BCUT2D eigenvalue weighted by Gasteiger charge is -2.03. The fraction of sp³-hybridized carbons (Fsp3) is 0. The fourth-order valence-electron chi connectivity index (χ4n) is 1.67. The summed E-state index contributed by atoms with van der Waals surface area (Å²) in [4.78, 5) is 8.02. The van der Waals surface area contributed by atoms with Crippen LogP contribution in [0.3, 0.4) is 0 Å². The summed E-state index contributed by atoms with van der Waals surface area (Å²) in [5, 5.41) is 7.23. The number of rotatable bonds is 1. The van der Waals surface area contributed by atoms with Gasteiger partial charge in [-0.25, -0.2) is 9.37 Å². The molecular weight excluding hydrogens is 243 g/mol. The van der Waals surface area contributed by atoms with Gasteiger partial charge in [0.25, 0.3) is 0 Å². The molecule has 4 nitrogen and oxygen atoms in total. The summed E-state index contributed by atoms with van der Waals surface area (Å²) in [5.41, 5.74) is 1.30. The molecule has 84 valence electrons. The van der Waals surface area contributed by atoms with Crippen molar-refractivity contribution in [2.24, 2.45) is 0 Å². The van der Waals surface area contributed by atoms with Gasteiger partial charge >= 0.3 is 0 Å². The Kier molecular flexibility index (Phi) is 2.26. The Bertz CT molecular complexity index is 695. The Labute approximate surface area is 100 Å². The molecular formula is C11H6ClFN4. The maximum absolute atomic E-state index is 13.7. The number of nitrogens with one attached hydrogen (secondary N) is 1. The third-order valence-corrected chi connectivity index (χ3v) is 2.58. The molecule has 2 heterocycles. The van der Waals surface area contributed by atoms with Crippen molar-refractivity contribution < 1.29 is 4.39 Å². The molecule has 0 aliphatic heterocycles. The first-order chi connectivity index (χ1) is 8.25. The number of aromatic nitrogens is 4. The minimum Gasteiger partial charge on any atom is -0.261 e. The van der Waals surface area contributed by atoms with Crippen molar-refractivity contribution in [3.05, 3.63) is 41.6 Å². The first-order valence-corrected chi connectivity index (χ1v) is 5.25. The molecule has 2 aromatic heterocycles. The number of halogens is 2. The largest absolute Gasteiger partial charge is 0.261 e. The van der Waals surface area contributed by atoms with E-state index in [1.165, 1.54) is 6.07 Å². The van der Waals surface area contributed by atoms with Crippen molar-refractivity contribution in [1.82, 2.24) is 20.2 Å². The zero-order valence-electron chi connectivity index (χ0n) is 8.48. The van der Waals surface area contributed by atoms with Crippen molar-refractivity contribution >= 4 is 22.6 Å². The molecule has 0 saturated heterocycles. The summed E-state index contributed by atoms with van der Waals surface area (Å²) in [7, 11) is 0. The molecule has 3 rings (SSSR count). The van der Waals surface area contributed by atoms with Crippen LogP contribution in [-0.4, -0.2) is 20.2 Å². The van der Waals surface area contributed by atoms with Crippen molar-refractivity contribution in [2.75, 3.05) is 0 Å². The number of fused-ring (bicyclic) bond motifs is 1. The number of hydrogen-bond donors (Lipinski definition) is 1. The van der Waals surface area contributed by atoms with Gasteiger partial charge in [-0.3, -0.25) is 5.10 Å². The van der Waals surface area contributed by atoms with Crippen LogP contribution >= 0.6 is 11.6 Å². The maximum atomic E-state index is 13.7. The third-order valence-electron chi connectivity index (χ3n) is 2.41. The van der Waals surface area contributed by atoms with Crippen molar-refractivity contribution in [3.63, 3.8) is 0 Å². The first kappa shape index (κ1) is 10.2. The highest BCUT2D eigenvalue weighted by Crippen LogP contribution is 2.27. The molecule has 1 aromatic carbocycles. The quantitative estimate of drug-likeness (QED) is 0.674. The molecule has 0 amide bonds. The first-order valence-electron chi connectivity index (χ1n) is 4.87. The average molecular weight is 249 g/mol. The topological polar surface area (TPSA) is 54.5 Å². The molecule has 0 radical (unpaired) electrons. The molecule has 3 aromatic rings. The molecule has 6 heteroatoms. The predicted octanol–water partition coefficient (Wildman–Crippen LogP) is 2.81. The minimum atomic E-state index is -0.357. The lowest BCUT2D eigenvalue weighted by Crippen LogP contribution is -1.92. The number of nitrogens with zero attached hydrogens (tertiary/aromatic N) is 3. The smallest absolute Gasteiger partial charge is 0.224 e. The monoisotopic (exact) mass is 248 g/mol. The predicted molar refractivity (Wildman–Crippen MR) is 62.1 cm³/mol. The summed E-state index contributed by atoms with van der Waals surface area (Å²) in [6, 6.07) is 6.37. The lowest BCUT2D eigenvalue weighted by molar-refractivity contribution is 0.631. The Morgan fingerprint density at radius 1 is 1.18 bits per heavy atom. The van der Waals surface area contributed by atoms with Gasteiger partial charge in [-0.05, 0) is 23.7 Å². The Balaban J connectivity index is 2.37. The van der Waals surface area contributed by atoms with Crippen LogP contribution in [0.2, 0.25) is 5.28 Å². The van der Waals surface area contributed by atoms with Gasteiger partial charge in [-0.2, -0.15) is 10.1 Å². The van der Waals surface area contributed by atoms with E-state index in [-0.39, 0.29) is 11.1 Å². The second kappa shape index (κ2) is 3.78. The molecule has 0 saturated carbocycles. The third kappa shape index (κ3) is 1.64. The van der Waals surface area contributed by atoms with Crippen LogP contribution in [-0.2, 0) is 0 Å². The SMILES string of the molecule is Fc1ccccc1-c1nc(Cl)nc2[nH]ncc12. The molecule has 0 spiro atoms. The zero-order valence-corrected chi connectivity index (χ0v) is 9.24. The van der Waals surface area contributed by atoms with Crippen LogP contribution in [0.25, 0.3) is 22.3 Å². The number of H-pyrrole nitrogens is 1. The minimum absolute atomic E-state index is 0.0556. The second-order valence-corrected chi connectivity index (χ2v) is 3.79. The highest BCUT2D eigenvalue weighted by Gasteiger charge is 2.13. The molecule has 0 aliphatic rings. The van der Waals surface area contributed by atoms with Crippen LogP contribution in [0.5, 0.6) is 0 Å². The maximum Gasteiger partial charge on any atom is 0.224 e. The molecule has 0 bridgehead atoms. The summed E-state index contributed by atoms with van der Waals surface area (Å²) >= 11 is 5.79. The Hall–Kier alpha value is -2.01. The van der Waals surface area contributed by atoms with Gasteiger partial charge in [-0.15, -0.1) is 0 Å². The standard InChI is InChI=1S/C11H6ClFN4/c12-11-15-9(6-3-1-2-4-8(6)13)7-5-14-17-10(7)16-11/h1-5H,(H,14,15,16,17). The van der Waals surface area contributed by atoms with Crippen LogP contribution in [0, 0.1) is 5.82 Å². The van der Waals surface area contributed by atoms with Gasteiger partial charge in [-0.1, -0.05) is 12.1 Å². The van der Waals surface area contributed by atoms with Gasteiger partial charge in [0, 0.05) is 5.56 Å². The van der Waals surface area contributed by atoms with E-state index in [1.54, 1.807) is 24.4 Å². The zero-order chi connectivity index (χ0) is 11.8. The van der Waals surface area contributed by atoms with Crippen LogP contribution in [0.4, 0.5) is 4.39 Å². The highest BCUT2D eigenvalue weighted by atomic mass is 35.5. The number of benzene rings is 1. The average Bonchev–Trinajstić information content (AvgIpc) is 2.76. The molecule has 0 unspecified atom stereocenters. The molecule has 0 aliphatic carbocycles. The Morgan fingerprint density at radius 2 is 2.00 bits per heavy atom. The van der Waals surface area contributed by atoms with Crippen LogP contribution in [0.1, 0.15) is 0 Å². The van der Waals surface area contributed by atoms with E-state index in [0.717, 1.165) is 0 Å². The summed E-state index contributed by atoms with van der Waals surface area (Å²) < 4.78 is 13.7. The van der Waals surface area contributed by atoms with E-state index < -0.39 is 0 Å². The van der Waals surface area contributed by atoms with Crippen LogP contribution in [0.15, 0.2) is 30.5 Å². The number of hydrogen-bond acceptors (Lipinski definition) is 3. The van der Waals surface area contributed by atoms with Gasteiger partial charge in [0.2, 0.25) is 5.28 Å². The van der Waals surface area contributed by atoms with E-state index in [1.807, 2.05) is 0 Å². The lowest BCUT2D eigenvalue weighted by atomic mass is 10.1. The molecule has 0 atom stereocenters. The normalized spacial score (nSPS) is 10.9. The van der Waals surface area contributed by atoms with E-state index in [2.05, 4.69) is 20.2 Å². The highest BCUT2D eigenvalue weighted by molar-refractivity contribution is 6.28. The van der Waals surface area contributed by atoms with E-state index in [9.17, 15) is 4.39 Å². The van der Waals surface area contributed by atoms with Gasteiger partial charge in [0.05, 0.1) is 17.3 Å². The second-order valence-electron chi connectivity index (χ2n) is 3.45. The number of aromatic amines is 1. The van der Waals surface area contributed by atoms with Gasteiger partial charge < -0.3 is 0 Å².